The second kappa shape index (κ2) is 9.57. The normalized spacial score (nSPS) is 13.3. The van der Waals surface area contributed by atoms with Gasteiger partial charge in [0, 0.05) is 10.6 Å². The van der Waals surface area contributed by atoms with Crippen LogP contribution in [-0.4, -0.2) is 39.7 Å². The van der Waals surface area contributed by atoms with Gasteiger partial charge in [-0.25, -0.2) is 0 Å². The Balaban J connectivity index is 1.99. The molecule has 0 radical (unpaired) electrons. The van der Waals surface area contributed by atoms with Crippen LogP contribution in [0.15, 0.2) is 48.5 Å². The van der Waals surface area contributed by atoms with Crippen LogP contribution >= 0.6 is 11.6 Å². The Morgan fingerprint density at radius 2 is 1.92 bits per heavy atom. The highest BCUT2D eigenvalue weighted by atomic mass is 35.5. The summed E-state index contributed by atoms with van der Waals surface area (Å²) in [7, 11) is 5.83. The Hall–Kier alpha value is -2.08. The van der Waals surface area contributed by atoms with Crippen molar-refractivity contribution in [3.8, 4) is 5.75 Å². The quantitative estimate of drug-likeness (QED) is 0.645. The van der Waals surface area contributed by atoms with E-state index in [1.54, 1.807) is 25.3 Å². The van der Waals surface area contributed by atoms with Gasteiger partial charge < -0.3 is 20.3 Å². The van der Waals surface area contributed by atoms with Gasteiger partial charge in [0.1, 0.15) is 12.3 Å². The lowest BCUT2D eigenvalue weighted by Crippen LogP contribution is -3.10. The first-order chi connectivity index (χ1) is 12.4. The number of benzene rings is 2. The molecule has 2 atom stereocenters. The smallest absolute Gasteiger partial charge is 0.282 e. The zero-order chi connectivity index (χ0) is 19.1. The van der Waals surface area contributed by atoms with Crippen LogP contribution in [0.4, 0.5) is 5.69 Å². The number of amides is 1. The Kier molecular flexibility index (Phi) is 7.45. The molecule has 0 heterocycles. The number of nitrogens with two attached hydrogens (primary N) is 1. The first-order valence-electron chi connectivity index (χ1n) is 8.75. The highest BCUT2D eigenvalue weighted by molar-refractivity contribution is 6.31. The van der Waals surface area contributed by atoms with E-state index in [0.29, 0.717) is 22.5 Å². The molecule has 6 heteroatoms. The molecule has 5 nitrogen and oxygen atoms in total. The van der Waals surface area contributed by atoms with Gasteiger partial charge in [-0.05, 0) is 25.1 Å². The predicted molar refractivity (Wildman–Crippen MR) is 105 cm³/mol. The van der Waals surface area contributed by atoms with E-state index < -0.39 is 0 Å². The van der Waals surface area contributed by atoms with Crippen molar-refractivity contribution in [3.63, 3.8) is 0 Å². The number of carbonyl (C=O) groups is 1. The van der Waals surface area contributed by atoms with E-state index in [4.69, 9.17) is 16.3 Å². The summed E-state index contributed by atoms with van der Waals surface area (Å²) in [4.78, 5) is 13.9. The van der Waals surface area contributed by atoms with Crippen LogP contribution in [0.25, 0.3) is 0 Å². The molecule has 4 N–H and O–H groups in total. The summed E-state index contributed by atoms with van der Waals surface area (Å²) in [5.74, 6) is 0.515. The number of ether oxygens (including phenoxy) is 1. The molecule has 0 spiro atoms. The van der Waals surface area contributed by atoms with Gasteiger partial charge in [-0.2, -0.15) is 0 Å². The fourth-order valence-corrected chi connectivity index (χ4v) is 3.03. The molecule has 0 saturated heterocycles. The van der Waals surface area contributed by atoms with Gasteiger partial charge in [0.05, 0.1) is 26.9 Å². The summed E-state index contributed by atoms with van der Waals surface area (Å²) >= 11 is 6.02. The average Bonchev–Trinajstić information content (AvgIpc) is 2.62. The molecule has 140 valence electrons. The number of methoxy groups -OCH3 is 1. The van der Waals surface area contributed by atoms with E-state index in [0.717, 1.165) is 6.54 Å². The number of anilines is 1. The number of likely N-dealkylation sites (N-methyl/N-ethyl adjacent to an activating group) is 1. The Labute approximate surface area is 160 Å². The summed E-state index contributed by atoms with van der Waals surface area (Å²) in [5.41, 5.74) is 1.86. The average molecular weight is 378 g/mol. The van der Waals surface area contributed by atoms with Gasteiger partial charge in [-0.3, -0.25) is 4.79 Å². The molecule has 0 bridgehead atoms. The summed E-state index contributed by atoms with van der Waals surface area (Å²) in [5, 5.41) is 5.53. The molecule has 2 aromatic rings. The third-order valence-electron chi connectivity index (χ3n) is 4.46. The number of nitrogens with one attached hydrogen (secondary N) is 2. The number of rotatable bonds is 8. The van der Waals surface area contributed by atoms with Gasteiger partial charge in [-0.1, -0.05) is 41.9 Å². The topological polar surface area (TPSA) is 59.4 Å². The van der Waals surface area contributed by atoms with Crippen molar-refractivity contribution in [1.29, 1.82) is 0 Å². The molecule has 2 aromatic carbocycles. The SMILES string of the molecule is COc1ccc(Cl)cc1NC(=O)[C@H](C)[NH2+]C[C@H](c1ccccc1)[NH+](C)C. The lowest BCUT2D eigenvalue weighted by atomic mass is 10.1. The van der Waals surface area contributed by atoms with Crippen LogP contribution < -0.4 is 20.3 Å². The van der Waals surface area contributed by atoms with Crippen molar-refractivity contribution < 1.29 is 19.7 Å². The van der Waals surface area contributed by atoms with E-state index in [9.17, 15) is 4.79 Å². The van der Waals surface area contributed by atoms with E-state index >= 15 is 0 Å². The fraction of sp³-hybridized carbons (Fsp3) is 0.350. The van der Waals surface area contributed by atoms with E-state index in [2.05, 4.69) is 36.9 Å². The zero-order valence-electron chi connectivity index (χ0n) is 15.8. The second-order valence-electron chi connectivity index (χ2n) is 6.63. The minimum atomic E-state index is -0.232. The van der Waals surface area contributed by atoms with Gasteiger partial charge >= 0.3 is 0 Å². The largest absolute Gasteiger partial charge is 0.495 e. The number of halogens is 1. The van der Waals surface area contributed by atoms with Crippen molar-refractivity contribution >= 4 is 23.2 Å². The highest BCUT2D eigenvalue weighted by Gasteiger charge is 2.24. The number of hydrogen-bond acceptors (Lipinski definition) is 2. The van der Waals surface area contributed by atoms with Gasteiger partial charge in [0.15, 0.2) is 12.1 Å². The molecule has 0 aliphatic heterocycles. The molecule has 0 fully saturated rings. The first-order valence-corrected chi connectivity index (χ1v) is 9.13. The molecular weight excluding hydrogens is 350 g/mol. The Bertz CT molecular complexity index is 722. The number of hydrogen-bond donors (Lipinski definition) is 3. The molecule has 0 aliphatic rings. The minimum Gasteiger partial charge on any atom is -0.495 e. The Morgan fingerprint density at radius 3 is 2.54 bits per heavy atom. The van der Waals surface area contributed by atoms with Crippen LogP contribution in [0.3, 0.4) is 0 Å². The van der Waals surface area contributed by atoms with Gasteiger partial charge in [-0.15, -0.1) is 0 Å². The second-order valence-corrected chi connectivity index (χ2v) is 7.07. The fourth-order valence-electron chi connectivity index (χ4n) is 2.86. The molecule has 0 saturated carbocycles. The van der Waals surface area contributed by atoms with Crippen molar-refractivity contribution in [1.82, 2.24) is 0 Å². The van der Waals surface area contributed by atoms with Crippen molar-refractivity contribution in [2.45, 2.75) is 19.0 Å². The molecule has 0 aliphatic carbocycles. The zero-order valence-corrected chi connectivity index (χ0v) is 16.5. The monoisotopic (exact) mass is 377 g/mol. The summed E-state index contributed by atoms with van der Waals surface area (Å²) in [6, 6.07) is 15.6. The molecule has 0 aromatic heterocycles. The standard InChI is InChI=1S/C20H26ClN3O2/c1-14(20(25)23-17-12-16(21)10-11-19(17)26-4)22-13-18(24(2)3)15-8-6-5-7-9-15/h5-12,14,18,22H,13H2,1-4H3,(H,23,25)/p+2/t14-,18+/m0/s1. The maximum Gasteiger partial charge on any atom is 0.282 e. The van der Waals surface area contributed by atoms with Crippen LogP contribution in [0, 0.1) is 0 Å². The molecule has 2 rings (SSSR count). The first kappa shape index (κ1) is 20.2. The molecular formula is C20H28ClN3O2+2. The van der Waals surface area contributed by atoms with Crippen LogP contribution in [-0.2, 0) is 4.79 Å². The van der Waals surface area contributed by atoms with E-state index in [1.165, 1.54) is 10.5 Å². The number of carbonyl (C=O) groups excluding carboxylic acids is 1. The van der Waals surface area contributed by atoms with Crippen LogP contribution in [0.2, 0.25) is 5.02 Å². The Morgan fingerprint density at radius 1 is 1.23 bits per heavy atom. The molecule has 26 heavy (non-hydrogen) atoms. The lowest BCUT2D eigenvalue weighted by Gasteiger charge is -2.22. The van der Waals surface area contributed by atoms with Crippen molar-refractivity contribution in [3.05, 3.63) is 59.1 Å². The summed E-state index contributed by atoms with van der Waals surface area (Å²) in [6.07, 6.45) is 0. The van der Waals surface area contributed by atoms with E-state index in [-0.39, 0.29) is 11.9 Å². The molecule has 1 amide bonds. The van der Waals surface area contributed by atoms with Crippen LogP contribution in [0.5, 0.6) is 5.75 Å². The van der Waals surface area contributed by atoms with Crippen LogP contribution in [0.1, 0.15) is 18.5 Å². The predicted octanol–water partition coefficient (Wildman–Crippen LogP) is 1.12. The maximum absolute atomic E-state index is 12.6. The summed E-state index contributed by atoms with van der Waals surface area (Å²) < 4.78 is 5.28. The van der Waals surface area contributed by atoms with Crippen molar-refractivity contribution in [2.75, 3.05) is 33.1 Å². The van der Waals surface area contributed by atoms with Crippen molar-refractivity contribution in [2.24, 2.45) is 0 Å². The maximum atomic E-state index is 12.6. The van der Waals surface area contributed by atoms with Gasteiger partial charge in [0.25, 0.3) is 5.91 Å². The molecule has 0 unspecified atom stereocenters. The highest BCUT2D eigenvalue weighted by Crippen LogP contribution is 2.27. The third kappa shape index (κ3) is 5.46. The lowest BCUT2D eigenvalue weighted by molar-refractivity contribution is -0.910. The number of quaternary nitrogens is 2. The minimum absolute atomic E-state index is 0.0777. The van der Waals surface area contributed by atoms with E-state index in [1.807, 2.05) is 25.1 Å². The third-order valence-corrected chi connectivity index (χ3v) is 4.69. The van der Waals surface area contributed by atoms with Gasteiger partial charge in [0.2, 0.25) is 0 Å². The summed E-state index contributed by atoms with van der Waals surface area (Å²) in [6.45, 7) is 2.72.